The first-order chi connectivity index (χ1) is 12.9. The molecule has 0 fully saturated rings. The molecule has 0 saturated carbocycles. The molecule has 1 amide bonds. The Morgan fingerprint density at radius 1 is 1.07 bits per heavy atom. The highest BCUT2D eigenvalue weighted by atomic mass is 32.2. The standard InChI is InChI=1S/C18H23N3O5S/c1-4-26-15-8-5-13(6-9-15)21-27(23,24)17-11-14(7-10-16(17)25-3)20-18(22)12-19-2/h5-11,19,21H,4,12H2,1-3H3,(H,20,22). The van der Waals surface area contributed by atoms with E-state index in [0.29, 0.717) is 23.7 Å². The average Bonchev–Trinajstić information content (AvgIpc) is 2.63. The molecule has 2 aromatic rings. The molecule has 27 heavy (non-hydrogen) atoms. The number of hydrogen-bond donors (Lipinski definition) is 3. The van der Waals surface area contributed by atoms with Gasteiger partial charge in [-0.15, -0.1) is 0 Å². The zero-order valence-electron chi connectivity index (χ0n) is 15.4. The summed E-state index contributed by atoms with van der Waals surface area (Å²) in [5, 5.41) is 5.35. The Bertz CT molecular complexity index is 882. The summed E-state index contributed by atoms with van der Waals surface area (Å²) in [6.07, 6.45) is 0. The lowest BCUT2D eigenvalue weighted by atomic mass is 10.3. The Hall–Kier alpha value is -2.78. The minimum absolute atomic E-state index is 0.0823. The molecule has 0 bridgehead atoms. The quantitative estimate of drug-likeness (QED) is 0.602. The van der Waals surface area contributed by atoms with Crippen LogP contribution in [-0.2, 0) is 14.8 Å². The van der Waals surface area contributed by atoms with Gasteiger partial charge in [-0.2, -0.15) is 0 Å². The van der Waals surface area contributed by atoms with Crippen LogP contribution < -0.4 is 24.8 Å². The maximum Gasteiger partial charge on any atom is 0.265 e. The Balaban J connectivity index is 2.28. The highest BCUT2D eigenvalue weighted by Crippen LogP contribution is 2.29. The van der Waals surface area contributed by atoms with Crippen LogP contribution in [0.15, 0.2) is 47.4 Å². The minimum atomic E-state index is -3.93. The molecule has 0 aromatic heterocycles. The van der Waals surface area contributed by atoms with Crippen molar-refractivity contribution in [1.82, 2.24) is 5.32 Å². The number of anilines is 2. The first-order valence-corrected chi connectivity index (χ1v) is 9.76. The molecule has 146 valence electrons. The van der Waals surface area contributed by atoms with Gasteiger partial charge in [0.2, 0.25) is 5.91 Å². The van der Waals surface area contributed by atoms with Crippen LogP contribution in [0.1, 0.15) is 6.92 Å². The van der Waals surface area contributed by atoms with Gasteiger partial charge in [0.25, 0.3) is 10.0 Å². The van der Waals surface area contributed by atoms with Crippen LogP contribution >= 0.6 is 0 Å². The molecule has 3 N–H and O–H groups in total. The molecule has 0 spiro atoms. The van der Waals surface area contributed by atoms with Gasteiger partial charge in [-0.25, -0.2) is 8.42 Å². The topological polar surface area (TPSA) is 106 Å². The molecule has 0 unspecified atom stereocenters. The summed E-state index contributed by atoms with van der Waals surface area (Å²) >= 11 is 0. The Morgan fingerprint density at radius 2 is 1.74 bits per heavy atom. The van der Waals surface area contributed by atoms with Gasteiger partial charge < -0.3 is 20.1 Å². The summed E-state index contributed by atoms with van der Waals surface area (Å²) in [5.41, 5.74) is 0.730. The number of ether oxygens (including phenoxy) is 2. The Morgan fingerprint density at radius 3 is 2.33 bits per heavy atom. The lowest BCUT2D eigenvalue weighted by Crippen LogP contribution is -2.25. The summed E-state index contributed by atoms with van der Waals surface area (Å²) in [6, 6.07) is 11.0. The molecule has 9 heteroatoms. The van der Waals surface area contributed by atoms with Gasteiger partial charge in [-0.3, -0.25) is 9.52 Å². The predicted octanol–water partition coefficient (Wildman–Crippen LogP) is 2.05. The van der Waals surface area contributed by atoms with Crippen molar-refractivity contribution < 1.29 is 22.7 Å². The fourth-order valence-electron chi connectivity index (χ4n) is 2.33. The first kappa shape index (κ1) is 20.5. The number of nitrogens with one attached hydrogen (secondary N) is 3. The largest absolute Gasteiger partial charge is 0.495 e. The number of carbonyl (C=O) groups excluding carboxylic acids is 1. The van der Waals surface area contributed by atoms with Gasteiger partial charge >= 0.3 is 0 Å². The first-order valence-electron chi connectivity index (χ1n) is 8.27. The molecule has 0 aliphatic carbocycles. The van der Waals surface area contributed by atoms with Gasteiger partial charge in [-0.05, 0) is 56.4 Å². The number of hydrogen-bond acceptors (Lipinski definition) is 6. The molecule has 0 atom stereocenters. The van der Waals surface area contributed by atoms with E-state index in [9.17, 15) is 13.2 Å². The summed E-state index contributed by atoms with van der Waals surface area (Å²) in [4.78, 5) is 11.6. The lowest BCUT2D eigenvalue weighted by Gasteiger charge is -2.14. The van der Waals surface area contributed by atoms with Gasteiger partial charge in [-0.1, -0.05) is 0 Å². The number of likely N-dealkylation sites (N-methyl/N-ethyl adjacent to an activating group) is 1. The van der Waals surface area contributed by atoms with Gasteiger partial charge in [0.1, 0.15) is 16.4 Å². The van der Waals surface area contributed by atoms with Crippen LogP contribution in [0.25, 0.3) is 0 Å². The summed E-state index contributed by atoms with van der Waals surface area (Å²) < 4.78 is 38.6. The molecule has 0 radical (unpaired) electrons. The average molecular weight is 393 g/mol. The van der Waals surface area contributed by atoms with Gasteiger partial charge in [0.05, 0.1) is 20.3 Å². The molecule has 2 aromatic carbocycles. The summed E-state index contributed by atoms with van der Waals surface area (Å²) in [7, 11) is -0.912. The van der Waals surface area contributed by atoms with Crippen LogP contribution in [0, 0.1) is 0 Å². The molecule has 0 aliphatic heterocycles. The Kier molecular flexibility index (Phi) is 7.03. The van der Waals surface area contributed by atoms with E-state index in [1.54, 1.807) is 37.4 Å². The van der Waals surface area contributed by atoms with Crippen molar-refractivity contribution in [1.29, 1.82) is 0 Å². The van der Waals surface area contributed by atoms with E-state index < -0.39 is 10.0 Å². The maximum absolute atomic E-state index is 12.8. The normalized spacial score (nSPS) is 10.9. The van der Waals surface area contributed by atoms with Crippen molar-refractivity contribution >= 4 is 27.3 Å². The third-order valence-corrected chi connectivity index (χ3v) is 4.89. The highest BCUT2D eigenvalue weighted by Gasteiger charge is 2.21. The zero-order valence-corrected chi connectivity index (χ0v) is 16.2. The van der Waals surface area contributed by atoms with Crippen molar-refractivity contribution in [2.24, 2.45) is 0 Å². The molecule has 0 aliphatic rings. The monoisotopic (exact) mass is 393 g/mol. The van der Waals surface area contributed by atoms with E-state index in [1.807, 2.05) is 6.92 Å². The van der Waals surface area contributed by atoms with Crippen molar-refractivity contribution in [3.05, 3.63) is 42.5 Å². The molecule has 0 saturated heterocycles. The fourth-order valence-corrected chi connectivity index (χ4v) is 3.58. The van der Waals surface area contributed by atoms with Crippen molar-refractivity contribution in [2.45, 2.75) is 11.8 Å². The third kappa shape index (κ3) is 5.60. The van der Waals surface area contributed by atoms with Crippen LogP contribution in [0.3, 0.4) is 0 Å². The highest BCUT2D eigenvalue weighted by molar-refractivity contribution is 7.92. The molecule has 0 heterocycles. The van der Waals surface area contributed by atoms with Crippen molar-refractivity contribution in [3.8, 4) is 11.5 Å². The van der Waals surface area contributed by atoms with Crippen molar-refractivity contribution in [2.75, 3.05) is 37.3 Å². The minimum Gasteiger partial charge on any atom is -0.495 e. The molecular weight excluding hydrogens is 370 g/mol. The van der Waals surface area contributed by atoms with Crippen LogP contribution in [0.5, 0.6) is 11.5 Å². The van der Waals surface area contributed by atoms with E-state index in [2.05, 4.69) is 15.4 Å². The van der Waals surface area contributed by atoms with E-state index >= 15 is 0 Å². The molecular formula is C18H23N3O5S. The number of benzene rings is 2. The van der Waals surface area contributed by atoms with Gasteiger partial charge in [0.15, 0.2) is 0 Å². The third-order valence-electron chi connectivity index (χ3n) is 3.49. The second-order valence-electron chi connectivity index (χ2n) is 5.51. The van der Waals surface area contributed by atoms with E-state index in [0.717, 1.165) is 0 Å². The smallest absolute Gasteiger partial charge is 0.265 e. The SMILES string of the molecule is CCOc1ccc(NS(=O)(=O)c2cc(NC(=O)CNC)ccc2OC)cc1. The van der Waals surface area contributed by atoms with Gasteiger partial charge in [0, 0.05) is 11.4 Å². The summed E-state index contributed by atoms with van der Waals surface area (Å²) in [6.45, 7) is 2.50. The van der Waals surface area contributed by atoms with E-state index in [1.165, 1.54) is 19.2 Å². The number of amides is 1. The predicted molar refractivity (Wildman–Crippen MR) is 104 cm³/mol. The molecule has 8 nitrogen and oxygen atoms in total. The second kappa shape index (κ2) is 9.24. The van der Waals surface area contributed by atoms with Crippen LogP contribution in [0.4, 0.5) is 11.4 Å². The lowest BCUT2D eigenvalue weighted by molar-refractivity contribution is -0.115. The zero-order chi connectivity index (χ0) is 19.9. The van der Waals surface area contributed by atoms with Crippen LogP contribution in [-0.4, -0.2) is 41.6 Å². The number of methoxy groups -OCH3 is 1. The van der Waals surface area contributed by atoms with E-state index in [4.69, 9.17) is 9.47 Å². The second-order valence-corrected chi connectivity index (χ2v) is 7.16. The van der Waals surface area contributed by atoms with Crippen LogP contribution in [0.2, 0.25) is 0 Å². The summed E-state index contributed by atoms with van der Waals surface area (Å²) in [5.74, 6) is 0.526. The van der Waals surface area contributed by atoms with E-state index in [-0.39, 0.29) is 23.1 Å². The number of sulfonamides is 1. The Labute approximate surface area is 158 Å². The number of rotatable bonds is 9. The number of carbonyl (C=O) groups is 1. The molecule has 2 rings (SSSR count). The maximum atomic E-state index is 12.8. The fraction of sp³-hybridized carbons (Fsp3) is 0.278. The van der Waals surface area contributed by atoms with Crippen molar-refractivity contribution in [3.63, 3.8) is 0 Å².